The largest absolute Gasteiger partial charge is 0.490 e. The van der Waals surface area contributed by atoms with Gasteiger partial charge in [0, 0.05) is 0 Å². The van der Waals surface area contributed by atoms with E-state index >= 15 is 0 Å². The van der Waals surface area contributed by atoms with Crippen molar-refractivity contribution in [3.63, 3.8) is 0 Å². The minimum absolute atomic E-state index is 0.0505. The molecule has 1 atom stereocenters. The van der Waals surface area contributed by atoms with Crippen molar-refractivity contribution in [3.05, 3.63) is 29.8 Å². The molecule has 0 N–H and O–H groups in total. The fraction of sp³-hybridized carbons (Fsp3) is 0.462. The first kappa shape index (κ1) is 15.3. The van der Waals surface area contributed by atoms with Gasteiger partial charge in [-0.15, -0.1) is 0 Å². The summed E-state index contributed by atoms with van der Waals surface area (Å²) < 4.78 is 47.1. The Hall–Kier alpha value is -1.72. The van der Waals surface area contributed by atoms with Crippen LogP contribution < -0.4 is 4.74 Å². The van der Waals surface area contributed by atoms with Crippen LogP contribution in [-0.4, -0.2) is 18.7 Å². The Morgan fingerprint density at radius 3 is 2.32 bits per heavy atom. The summed E-state index contributed by atoms with van der Waals surface area (Å²) in [5.74, 6) is -0.119. The molecule has 0 radical (unpaired) electrons. The molecule has 0 aliphatic carbocycles. The van der Waals surface area contributed by atoms with Crippen molar-refractivity contribution >= 4 is 5.97 Å². The number of rotatable bonds is 5. The molecule has 0 saturated heterocycles. The van der Waals surface area contributed by atoms with Crippen molar-refractivity contribution in [3.8, 4) is 5.75 Å². The average Bonchev–Trinajstić information content (AvgIpc) is 2.28. The molecule has 19 heavy (non-hydrogen) atoms. The van der Waals surface area contributed by atoms with Gasteiger partial charge >= 0.3 is 12.1 Å². The summed E-state index contributed by atoms with van der Waals surface area (Å²) in [6, 6.07) is 4.33. The number of alkyl halides is 3. The summed E-state index contributed by atoms with van der Waals surface area (Å²) in [4.78, 5) is 11.2. The molecule has 0 aliphatic heterocycles. The quantitative estimate of drug-likeness (QED) is 0.773. The van der Waals surface area contributed by atoms with Crippen LogP contribution in [0.2, 0.25) is 0 Å². The summed E-state index contributed by atoms with van der Waals surface area (Å²) >= 11 is 0. The van der Waals surface area contributed by atoms with Crippen molar-refractivity contribution in [2.45, 2.75) is 32.5 Å². The van der Waals surface area contributed by atoms with E-state index in [0.29, 0.717) is 0 Å². The monoisotopic (exact) mass is 276 g/mol. The van der Waals surface area contributed by atoms with Gasteiger partial charge in [-0.25, -0.2) is 0 Å². The van der Waals surface area contributed by atoms with Crippen LogP contribution in [0.15, 0.2) is 24.3 Å². The third-order valence-electron chi connectivity index (χ3n) is 2.28. The number of hydrogen-bond donors (Lipinski definition) is 0. The molecule has 3 nitrogen and oxygen atoms in total. The summed E-state index contributed by atoms with van der Waals surface area (Å²) in [5, 5.41) is 0. The lowest BCUT2D eigenvalue weighted by molar-refractivity contribution is -0.144. The van der Waals surface area contributed by atoms with E-state index in [1.54, 1.807) is 13.8 Å². The molecular formula is C13H15F3O3. The molecule has 1 rings (SSSR count). The smallest absolute Gasteiger partial charge is 0.416 e. The van der Waals surface area contributed by atoms with Gasteiger partial charge in [-0.1, -0.05) is 0 Å². The van der Waals surface area contributed by atoms with Crippen LogP contribution in [0.25, 0.3) is 0 Å². The van der Waals surface area contributed by atoms with Crippen LogP contribution in [0.3, 0.4) is 0 Å². The minimum Gasteiger partial charge on any atom is -0.490 e. The van der Waals surface area contributed by atoms with Crippen molar-refractivity contribution in [1.82, 2.24) is 0 Å². The lowest BCUT2D eigenvalue weighted by Gasteiger charge is -2.14. The zero-order valence-electron chi connectivity index (χ0n) is 10.7. The third-order valence-corrected chi connectivity index (χ3v) is 2.28. The predicted molar refractivity (Wildman–Crippen MR) is 62.8 cm³/mol. The van der Waals surface area contributed by atoms with E-state index in [9.17, 15) is 18.0 Å². The van der Waals surface area contributed by atoms with Crippen LogP contribution in [0.5, 0.6) is 5.75 Å². The second-order valence-electron chi connectivity index (χ2n) is 3.96. The van der Waals surface area contributed by atoms with Crippen molar-refractivity contribution < 1.29 is 27.4 Å². The number of ether oxygens (including phenoxy) is 2. The van der Waals surface area contributed by atoms with E-state index in [0.717, 1.165) is 12.1 Å². The molecule has 106 valence electrons. The second-order valence-corrected chi connectivity index (χ2v) is 3.96. The SMILES string of the molecule is CCOC(=O)CC(C)Oc1ccc(C(F)(F)F)cc1. The van der Waals surface area contributed by atoms with Crippen LogP contribution in [0, 0.1) is 0 Å². The third kappa shape index (κ3) is 5.19. The van der Waals surface area contributed by atoms with Gasteiger partial charge < -0.3 is 9.47 Å². The molecule has 0 saturated carbocycles. The summed E-state index contributed by atoms with van der Waals surface area (Å²) in [6.45, 7) is 3.62. The van der Waals surface area contributed by atoms with Crippen LogP contribution in [0.1, 0.15) is 25.8 Å². The summed E-state index contributed by atoms with van der Waals surface area (Å²) in [5.41, 5.74) is -0.738. The highest BCUT2D eigenvalue weighted by Gasteiger charge is 2.30. The maximum atomic E-state index is 12.3. The molecule has 6 heteroatoms. The van der Waals surface area contributed by atoms with Gasteiger partial charge in [-0.2, -0.15) is 13.2 Å². The van der Waals surface area contributed by atoms with E-state index in [-0.39, 0.29) is 18.8 Å². The van der Waals surface area contributed by atoms with E-state index < -0.39 is 23.8 Å². The highest BCUT2D eigenvalue weighted by molar-refractivity contribution is 5.69. The predicted octanol–water partition coefficient (Wildman–Crippen LogP) is 3.43. The maximum Gasteiger partial charge on any atom is 0.416 e. The fourth-order valence-corrected chi connectivity index (χ4v) is 1.45. The Labute approximate surface area is 109 Å². The molecule has 0 aromatic heterocycles. The van der Waals surface area contributed by atoms with E-state index in [4.69, 9.17) is 9.47 Å². The zero-order valence-corrected chi connectivity index (χ0v) is 10.7. The number of hydrogen-bond acceptors (Lipinski definition) is 3. The number of carbonyl (C=O) groups excluding carboxylic acids is 1. The van der Waals surface area contributed by atoms with Gasteiger partial charge in [-0.05, 0) is 38.1 Å². The van der Waals surface area contributed by atoms with Gasteiger partial charge in [0.05, 0.1) is 18.6 Å². The standard InChI is InChI=1S/C13H15F3O3/c1-3-18-12(17)8-9(2)19-11-6-4-10(5-7-11)13(14,15)16/h4-7,9H,3,8H2,1-2H3. The molecule has 0 spiro atoms. The van der Waals surface area contributed by atoms with E-state index in [1.807, 2.05) is 0 Å². The zero-order chi connectivity index (χ0) is 14.5. The van der Waals surface area contributed by atoms with E-state index in [2.05, 4.69) is 0 Å². The van der Waals surface area contributed by atoms with Crippen LogP contribution in [-0.2, 0) is 15.7 Å². The molecule has 0 heterocycles. The Balaban J connectivity index is 2.56. The number of esters is 1. The maximum absolute atomic E-state index is 12.3. The van der Waals surface area contributed by atoms with Crippen LogP contribution in [0.4, 0.5) is 13.2 Å². The Morgan fingerprint density at radius 2 is 1.84 bits per heavy atom. The molecule has 0 amide bonds. The average molecular weight is 276 g/mol. The normalized spacial score (nSPS) is 12.9. The number of halogens is 3. The van der Waals surface area contributed by atoms with Crippen LogP contribution >= 0.6 is 0 Å². The first-order valence-corrected chi connectivity index (χ1v) is 5.82. The van der Waals surface area contributed by atoms with Crippen molar-refractivity contribution in [2.75, 3.05) is 6.61 Å². The summed E-state index contributed by atoms with van der Waals surface area (Å²) in [6.07, 6.45) is -4.78. The Bertz CT molecular complexity index is 412. The first-order chi connectivity index (χ1) is 8.82. The molecule has 0 aliphatic rings. The highest BCUT2D eigenvalue weighted by atomic mass is 19.4. The van der Waals surface area contributed by atoms with Gasteiger partial charge in [0.2, 0.25) is 0 Å². The lowest BCUT2D eigenvalue weighted by Crippen LogP contribution is -2.18. The van der Waals surface area contributed by atoms with Gasteiger partial charge in [-0.3, -0.25) is 4.79 Å². The lowest BCUT2D eigenvalue weighted by atomic mass is 10.2. The second kappa shape index (κ2) is 6.45. The Morgan fingerprint density at radius 1 is 1.26 bits per heavy atom. The highest BCUT2D eigenvalue weighted by Crippen LogP contribution is 2.30. The van der Waals surface area contributed by atoms with E-state index in [1.165, 1.54) is 12.1 Å². The molecule has 1 aromatic rings. The molecule has 1 aromatic carbocycles. The van der Waals surface area contributed by atoms with Crippen molar-refractivity contribution in [2.24, 2.45) is 0 Å². The van der Waals surface area contributed by atoms with Gasteiger partial charge in [0.15, 0.2) is 0 Å². The topological polar surface area (TPSA) is 35.5 Å². The van der Waals surface area contributed by atoms with Gasteiger partial charge in [0.25, 0.3) is 0 Å². The minimum atomic E-state index is -4.37. The Kier molecular flexibility index (Phi) is 5.20. The fourth-order valence-electron chi connectivity index (χ4n) is 1.45. The molecular weight excluding hydrogens is 261 g/mol. The number of benzene rings is 1. The number of carbonyl (C=O) groups is 1. The molecule has 1 unspecified atom stereocenters. The summed E-state index contributed by atoms with van der Waals surface area (Å²) in [7, 11) is 0. The molecule has 0 bridgehead atoms. The van der Waals surface area contributed by atoms with Gasteiger partial charge in [0.1, 0.15) is 11.9 Å². The first-order valence-electron chi connectivity index (χ1n) is 5.82. The van der Waals surface area contributed by atoms with Crippen molar-refractivity contribution in [1.29, 1.82) is 0 Å². The molecule has 0 fully saturated rings.